The highest BCUT2D eigenvalue weighted by Gasteiger charge is 2.49. The highest BCUT2D eigenvalue weighted by atomic mass is 16.6. The molecule has 4 atom stereocenters. The van der Waals surface area contributed by atoms with E-state index in [0.717, 1.165) is 13.0 Å². The van der Waals surface area contributed by atoms with Crippen molar-refractivity contribution in [2.75, 3.05) is 6.61 Å². The summed E-state index contributed by atoms with van der Waals surface area (Å²) in [4.78, 5) is 11.3. The molecule has 1 saturated carbocycles. The van der Waals surface area contributed by atoms with E-state index in [-0.39, 0.29) is 18.2 Å². The second-order valence-corrected chi connectivity index (χ2v) is 4.42. The van der Waals surface area contributed by atoms with E-state index in [4.69, 9.17) is 9.47 Å². The summed E-state index contributed by atoms with van der Waals surface area (Å²) >= 11 is 0. The first-order chi connectivity index (χ1) is 6.59. The summed E-state index contributed by atoms with van der Waals surface area (Å²) in [5, 5.41) is 0. The molecule has 1 unspecified atom stereocenters. The molecule has 2 rings (SSSR count). The van der Waals surface area contributed by atoms with Crippen LogP contribution in [0.5, 0.6) is 0 Å². The maximum atomic E-state index is 11.3. The highest BCUT2D eigenvalue weighted by Crippen LogP contribution is 2.41. The van der Waals surface area contributed by atoms with Crippen molar-refractivity contribution in [1.29, 1.82) is 0 Å². The van der Waals surface area contributed by atoms with Crippen LogP contribution in [0.4, 0.5) is 0 Å². The monoisotopic (exact) mass is 196 g/mol. The molecule has 2 fully saturated rings. The predicted molar refractivity (Wildman–Crippen MR) is 51.7 cm³/mol. The molecule has 3 heteroatoms. The number of rotatable bonds is 2. The van der Waals surface area contributed by atoms with Crippen molar-refractivity contribution < 1.29 is 14.3 Å². The van der Waals surface area contributed by atoms with Gasteiger partial charge in [0.1, 0.15) is 6.10 Å². The summed E-state index contributed by atoms with van der Waals surface area (Å²) < 4.78 is 10.8. The quantitative estimate of drug-likeness (QED) is 0.496. The number of carbonyl (C=O) groups is 1. The molecule has 0 amide bonds. The van der Waals surface area contributed by atoms with Crippen LogP contribution in [-0.2, 0) is 14.3 Å². The summed E-state index contributed by atoms with van der Waals surface area (Å²) in [5.74, 6) is 0.724. The SMILES string of the molecule is C=C(C)C(=O)O[C@H]1[C@H](C)CC2CO[C@H]21. The molecule has 0 aromatic heterocycles. The molecule has 0 bridgehead atoms. The van der Waals surface area contributed by atoms with Crippen LogP contribution in [0.25, 0.3) is 0 Å². The van der Waals surface area contributed by atoms with Crippen LogP contribution in [0.1, 0.15) is 20.3 Å². The topological polar surface area (TPSA) is 35.5 Å². The molecule has 1 aliphatic heterocycles. The van der Waals surface area contributed by atoms with Gasteiger partial charge in [-0.05, 0) is 19.3 Å². The average molecular weight is 196 g/mol. The summed E-state index contributed by atoms with van der Waals surface area (Å²) in [6.45, 7) is 8.18. The van der Waals surface area contributed by atoms with Crippen molar-refractivity contribution in [2.45, 2.75) is 32.5 Å². The summed E-state index contributed by atoms with van der Waals surface area (Å²) in [6.07, 6.45) is 1.20. The van der Waals surface area contributed by atoms with E-state index >= 15 is 0 Å². The fourth-order valence-electron chi connectivity index (χ4n) is 2.25. The first-order valence-electron chi connectivity index (χ1n) is 5.07. The second kappa shape index (κ2) is 3.39. The molecule has 1 saturated heterocycles. The smallest absolute Gasteiger partial charge is 0.333 e. The number of esters is 1. The van der Waals surface area contributed by atoms with Crippen molar-refractivity contribution in [3.63, 3.8) is 0 Å². The Morgan fingerprint density at radius 1 is 1.57 bits per heavy atom. The molecule has 0 radical (unpaired) electrons. The third-order valence-electron chi connectivity index (χ3n) is 3.12. The van der Waals surface area contributed by atoms with Crippen LogP contribution >= 0.6 is 0 Å². The van der Waals surface area contributed by atoms with Gasteiger partial charge in [-0.3, -0.25) is 0 Å². The molecule has 2 aliphatic rings. The average Bonchev–Trinajstić information content (AvgIpc) is 2.28. The minimum atomic E-state index is -0.294. The lowest BCUT2D eigenvalue weighted by Gasteiger charge is -2.34. The Morgan fingerprint density at radius 3 is 2.71 bits per heavy atom. The van der Waals surface area contributed by atoms with E-state index in [1.54, 1.807) is 6.92 Å². The molecular weight excluding hydrogens is 180 g/mol. The molecule has 0 aromatic rings. The fraction of sp³-hybridized carbons (Fsp3) is 0.727. The Balaban J connectivity index is 1.97. The fourth-order valence-corrected chi connectivity index (χ4v) is 2.25. The molecule has 0 spiro atoms. The summed E-state index contributed by atoms with van der Waals surface area (Å²) in [6, 6.07) is 0. The maximum absolute atomic E-state index is 11.3. The molecule has 0 N–H and O–H groups in total. The number of hydrogen-bond donors (Lipinski definition) is 0. The third-order valence-corrected chi connectivity index (χ3v) is 3.12. The lowest BCUT2D eigenvalue weighted by molar-refractivity contribution is -0.172. The number of ether oxygens (including phenoxy) is 2. The second-order valence-electron chi connectivity index (χ2n) is 4.42. The molecule has 14 heavy (non-hydrogen) atoms. The van der Waals surface area contributed by atoms with Gasteiger partial charge >= 0.3 is 5.97 Å². The summed E-state index contributed by atoms with van der Waals surface area (Å²) in [5.41, 5.74) is 0.458. The predicted octanol–water partition coefficient (Wildman–Crippen LogP) is 1.53. The number of fused-ring (bicyclic) bond motifs is 1. The van der Waals surface area contributed by atoms with E-state index in [0.29, 0.717) is 17.4 Å². The van der Waals surface area contributed by atoms with Gasteiger partial charge in [0.25, 0.3) is 0 Å². The molecule has 0 aromatic carbocycles. The van der Waals surface area contributed by atoms with Gasteiger partial charge in [-0.1, -0.05) is 13.5 Å². The Morgan fingerprint density at radius 2 is 2.29 bits per heavy atom. The van der Waals surface area contributed by atoms with Crippen molar-refractivity contribution in [3.05, 3.63) is 12.2 Å². The van der Waals surface area contributed by atoms with Gasteiger partial charge in [0.05, 0.1) is 12.7 Å². The number of hydrogen-bond acceptors (Lipinski definition) is 3. The zero-order valence-corrected chi connectivity index (χ0v) is 8.66. The zero-order chi connectivity index (χ0) is 10.3. The molecule has 3 nitrogen and oxygen atoms in total. The minimum absolute atomic E-state index is 0.0575. The Hall–Kier alpha value is -0.830. The van der Waals surface area contributed by atoms with Crippen molar-refractivity contribution in [3.8, 4) is 0 Å². The van der Waals surface area contributed by atoms with Gasteiger partial charge in [0.2, 0.25) is 0 Å². The third kappa shape index (κ3) is 1.46. The molecule has 78 valence electrons. The first kappa shape index (κ1) is 9.71. The Kier molecular flexibility index (Phi) is 2.35. The van der Waals surface area contributed by atoms with E-state index in [1.165, 1.54) is 0 Å². The van der Waals surface area contributed by atoms with Crippen molar-refractivity contribution in [1.82, 2.24) is 0 Å². The van der Waals surface area contributed by atoms with Crippen LogP contribution in [0, 0.1) is 11.8 Å². The van der Waals surface area contributed by atoms with Crippen LogP contribution in [0.3, 0.4) is 0 Å². The molecule has 1 heterocycles. The van der Waals surface area contributed by atoms with Crippen LogP contribution in [-0.4, -0.2) is 24.8 Å². The van der Waals surface area contributed by atoms with E-state index in [9.17, 15) is 4.79 Å². The molecule has 1 aliphatic carbocycles. The Bertz CT molecular complexity index is 272. The van der Waals surface area contributed by atoms with Gasteiger partial charge < -0.3 is 9.47 Å². The van der Waals surface area contributed by atoms with Crippen molar-refractivity contribution >= 4 is 5.97 Å². The molecular formula is C11H16O3. The largest absolute Gasteiger partial charge is 0.456 e. The van der Waals surface area contributed by atoms with Gasteiger partial charge in [0.15, 0.2) is 0 Å². The van der Waals surface area contributed by atoms with Gasteiger partial charge in [-0.15, -0.1) is 0 Å². The van der Waals surface area contributed by atoms with Crippen LogP contribution in [0.15, 0.2) is 12.2 Å². The first-order valence-corrected chi connectivity index (χ1v) is 5.07. The maximum Gasteiger partial charge on any atom is 0.333 e. The minimum Gasteiger partial charge on any atom is -0.456 e. The lowest BCUT2D eigenvalue weighted by Crippen LogP contribution is -2.44. The van der Waals surface area contributed by atoms with Crippen molar-refractivity contribution in [2.24, 2.45) is 11.8 Å². The summed E-state index contributed by atoms with van der Waals surface area (Å²) in [7, 11) is 0. The zero-order valence-electron chi connectivity index (χ0n) is 8.66. The van der Waals surface area contributed by atoms with E-state index in [1.807, 2.05) is 0 Å². The Labute approximate surface area is 84.1 Å². The standard InChI is InChI=1S/C11H16O3/c1-6(2)11(12)14-9-7(3)4-8-5-13-10(8)9/h7-10H,1,4-5H2,2-3H3/t7-,8?,9+,10-/m1/s1. The van der Waals surface area contributed by atoms with Gasteiger partial charge in [0, 0.05) is 11.5 Å². The normalized spacial score (nSPS) is 39.9. The van der Waals surface area contributed by atoms with E-state index in [2.05, 4.69) is 13.5 Å². The van der Waals surface area contributed by atoms with E-state index < -0.39 is 0 Å². The van der Waals surface area contributed by atoms with Gasteiger partial charge in [-0.25, -0.2) is 4.79 Å². The number of carbonyl (C=O) groups excluding carboxylic acids is 1. The van der Waals surface area contributed by atoms with Gasteiger partial charge in [-0.2, -0.15) is 0 Å². The highest BCUT2D eigenvalue weighted by molar-refractivity contribution is 5.87. The lowest BCUT2D eigenvalue weighted by atomic mass is 10.0. The van der Waals surface area contributed by atoms with Crippen LogP contribution < -0.4 is 0 Å². The van der Waals surface area contributed by atoms with Crippen LogP contribution in [0.2, 0.25) is 0 Å².